The molecule has 8 heteroatoms. The molecule has 2 amide bonds. The van der Waals surface area contributed by atoms with Crippen LogP contribution in [0.3, 0.4) is 0 Å². The van der Waals surface area contributed by atoms with Crippen LogP contribution in [-0.2, 0) is 20.9 Å². The van der Waals surface area contributed by atoms with E-state index in [0.717, 1.165) is 38.4 Å². The van der Waals surface area contributed by atoms with E-state index in [1.165, 1.54) is 4.90 Å². The molecule has 1 aliphatic heterocycles. The smallest absolute Gasteiger partial charge is 0.261 e. The minimum absolute atomic E-state index is 0.150. The van der Waals surface area contributed by atoms with Gasteiger partial charge in [0.15, 0.2) is 6.61 Å². The lowest BCUT2D eigenvalue weighted by atomic mass is 10.1. The molecular weight excluding hydrogens is 430 g/mol. The second-order valence-corrected chi connectivity index (χ2v) is 8.11. The van der Waals surface area contributed by atoms with E-state index in [1.54, 1.807) is 31.2 Å². The number of hydrogen-bond acceptors (Lipinski definition) is 5. The first-order chi connectivity index (χ1) is 15.5. The van der Waals surface area contributed by atoms with E-state index in [0.29, 0.717) is 17.3 Å². The van der Waals surface area contributed by atoms with Gasteiger partial charge in [-0.05, 0) is 36.8 Å². The van der Waals surface area contributed by atoms with Gasteiger partial charge in [0, 0.05) is 37.7 Å². The molecule has 32 heavy (non-hydrogen) atoms. The first-order valence-electron chi connectivity index (χ1n) is 10.8. The highest BCUT2D eigenvalue weighted by Crippen LogP contribution is 2.15. The fourth-order valence-electron chi connectivity index (χ4n) is 3.42. The normalized spacial score (nSPS) is 15.1. The van der Waals surface area contributed by atoms with Crippen molar-refractivity contribution in [1.29, 1.82) is 0 Å². The summed E-state index contributed by atoms with van der Waals surface area (Å²) in [6.07, 6.45) is 0. The van der Waals surface area contributed by atoms with Gasteiger partial charge in [-0.25, -0.2) is 0 Å². The van der Waals surface area contributed by atoms with Crippen molar-refractivity contribution in [3.8, 4) is 5.75 Å². The van der Waals surface area contributed by atoms with Gasteiger partial charge in [-0.3, -0.25) is 14.5 Å². The molecule has 7 nitrogen and oxygen atoms in total. The van der Waals surface area contributed by atoms with Crippen molar-refractivity contribution in [3.63, 3.8) is 0 Å². The van der Waals surface area contributed by atoms with Crippen LogP contribution >= 0.6 is 11.6 Å². The molecule has 0 aliphatic carbocycles. The molecule has 0 aromatic heterocycles. The highest BCUT2D eigenvalue weighted by atomic mass is 35.5. The lowest BCUT2D eigenvalue weighted by molar-refractivity contribution is -0.142. The first-order valence-corrected chi connectivity index (χ1v) is 11.2. The monoisotopic (exact) mass is 459 g/mol. The van der Waals surface area contributed by atoms with Crippen molar-refractivity contribution in [2.75, 3.05) is 46.0 Å². The van der Waals surface area contributed by atoms with Crippen LogP contribution in [0.4, 0.5) is 0 Å². The van der Waals surface area contributed by atoms with Gasteiger partial charge in [0.1, 0.15) is 11.8 Å². The van der Waals surface area contributed by atoms with Crippen LogP contribution in [-0.4, -0.2) is 73.7 Å². The number of morpholine rings is 1. The fraction of sp³-hybridized carbons (Fsp3) is 0.417. The van der Waals surface area contributed by atoms with E-state index in [1.807, 2.05) is 30.3 Å². The Kier molecular flexibility index (Phi) is 9.34. The maximum atomic E-state index is 13.0. The van der Waals surface area contributed by atoms with Crippen LogP contribution in [0, 0.1) is 0 Å². The molecule has 1 aliphatic rings. The summed E-state index contributed by atoms with van der Waals surface area (Å²) < 4.78 is 11.0. The third kappa shape index (κ3) is 7.51. The third-order valence-corrected chi connectivity index (χ3v) is 5.62. The Morgan fingerprint density at radius 1 is 1.12 bits per heavy atom. The SMILES string of the molecule is CC(C(=O)NCCN1CCOCC1)N(Cc1ccc(Cl)cc1)C(=O)COc1ccccc1. The molecular formula is C24H30ClN3O4. The summed E-state index contributed by atoms with van der Waals surface area (Å²) in [5, 5.41) is 3.57. The number of hydrogen-bond donors (Lipinski definition) is 1. The molecule has 1 N–H and O–H groups in total. The van der Waals surface area contributed by atoms with Gasteiger partial charge in [0.2, 0.25) is 5.91 Å². The van der Waals surface area contributed by atoms with Gasteiger partial charge in [-0.15, -0.1) is 0 Å². The Morgan fingerprint density at radius 3 is 2.50 bits per heavy atom. The molecule has 1 saturated heterocycles. The van der Waals surface area contributed by atoms with Crippen molar-refractivity contribution in [3.05, 3.63) is 65.2 Å². The maximum Gasteiger partial charge on any atom is 0.261 e. The standard InChI is InChI=1S/C24H30ClN3O4/c1-19(24(30)26-11-12-27-13-15-31-16-14-27)28(17-20-7-9-21(25)10-8-20)23(29)18-32-22-5-3-2-4-6-22/h2-10,19H,11-18H2,1H3,(H,26,30). The van der Waals surface area contributed by atoms with Crippen molar-refractivity contribution < 1.29 is 19.1 Å². The van der Waals surface area contributed by atoms with Crippen LogP contribution in [0.1, 0.15) is 12.5 Å². The summed E-state index contributed by atoms with van der Waals surface area (Å²) in [5.74, 6) is 0.148. The maximum absolute atomic E-state index is 13.0. The quantitative estimate of drug-likeness (QED) is 0.591. The van der Waals surface area contributed by atoms with Crippen molar-refractivity contribution in [2.45, 2.75) is 19.5 Å². The van der Waals surface area contributed by atoms with E-state index in [4.69, 9.17) is 21.1 Å². The Morgan fingerprint density at radius 2 is 1.81 bits per heavy atom. The largest absolute Gasteiger partial charge is 0.484 e. The lowest BCUT2D eigenvalue weighted by Crippen LogP contribution is -2.50. The summed E-state index contributed by atoms with van der Waals surface area (Å²) in [4.78, 5) is 29.7. The lowest BCUT2D eigenvalue weighted by Gasteiger charge is -2.30. The molecule has 0 bridgehead atoms. The Labute approximate surface area is 194 Å². The first kappa shape index (κ1) is 24.0. The molecule has 172 valence electrons. The van der Waals surface area contributed by atoms with E-state index >= 15 is 0 Å². The molecule has 0 spiro atoms. The predicted molar refractivity (Wildman–Crippen MR) is 124 cm³/mol. The number of halogens is 1. The molecule has 1 unspecified atom stereocenters. The van der Waals surface area contributed by atoms with Crippen LogP contribution in [0.25, 0.3) is 0 Å². The van der Waals surface area contributed by atoms with Crippen molar-refractivity contribution >= 4 is 23.4 Å². The van der Waals surface area contributed by atoms with Gasteiger partial charge in [0.05, 0.1) is 13.2 Å². The Hall–Kier alpha value is -2.61. The zero-order valence-corrected chi connectivity index (χ0v) is 19.1. The molecule has 2 aromatic rings. The average Bonchev–Trinajstić information content (AvgIpc) is 2.83. The number of carbonyl (C=O) groups is 2. The third-order valence-electron chi connectivity index (χ3n) is 5.37. The topological polar surface area (TPSA) is 71.1 Å². The number of ether oxygens (including phenoxy) is 2. The second kappa shape index (κ2) is 12.4. The number of amides is 2. The number of nitrogens with zero attached hydrogens (tertiary/aromatic N) is 2. The van der Waals surface area contributed by atoms with Crippen LogP contribution in [0.15, 0.2) is 54.6 Å². The Bertz CT molecular complexity index is 857. The highest BCUT2D eigenvalue weighted by Gasteiger charge is 2.26. The summed E-state index contributed by atoms with van der Waals surface area (Å²) in [7, 11) is 0. The summed E-state index contributed by atoms with van der Waals surface area (Å²) in [6, 6.07) is 15.7. The van der Waals surface area contributed by atoms with Gasteiger partial charge in [-0.1, -0.05) is 41.9 Å². The van der Waals surface area contributed by atoms with Crippen LogP contribution in [0.5, 0.6) is 5.75 Å². The van der Waals surface area contributed by atoms with Crippen molar-refractivity contribution in [2.24, 2.45) is 0 Å². The second-order valence-electron chi connectivity index (χ2n) is 7.67. The number of benzene rings is 2. The zero-order valence-electron chi connectivity index (χ0n) is 18.3. The molecule has 1 fully saturated rings. The number of carbonyl (C=O) groups excluding carboxylic acids is 2. The summed E-state index contributed by atoms with van der Waals surface area (Å²) >= 11 is 5.99. The van der Waals surface area contributed by atoms with Crippen LogP contribution in [0.2, 0.25) is 5.02 Å². The highest BCUT2D eigenvalue weighted by molar-refractivity contribution is 6.30. The minimum Gasteiger partial charge on any atom is -0.484 e. The number of nitrogens with one attached hydrogen (secondary N) is 1. The zero-order chi connectivity index (χ0) is 22.8. The summed E-state index contributed by atoms with van der Waals surface area (Å²) in [6.45, 7) is 6.31. The van der Waals surface area contributed by atoms with Crippen LogP contribution < -0.4 is 10.1 Å². The molecule has 1 heterocycles. The molecule has 0 radical (unpaired) electrons. The molecule has 3 rings (SSSR count). The number of para-hydroxylation sites is 1. The molecule has 0 saturated carbocycles. The Balaban J connectivity index is 1.60. The fourth-order valence-corrected chi connectivity index (χ4v) is 3.55. The van der Waals surface area contributed by atoms with Gasteiger partial charge >= 0.3 is 0 Å². The molecule has 2 aromatic carbocycles. The average molecular weight is 460 g/mol. The van der Waals surface area contributed by atoms with E-state index in [2.05, 4.69) is 10.2 Å². The van der Waals surface area contributed by atoms with Gasteiger partial charge < -0.3 is 19.7 Å². The van der Waals surface area contributed by atoms with Gasteiger partial charge in [-0.2, -0.15) is 0 Å². The minimum atomic E-state index is -0.651. The van der Waals surface area contributed by atoms with E-state index < -0.39 is 6.04 Å². The van der Waals surface area contributed by atoms with E-state index in [-0.39, 0.29) is 25.0 Å². The number of rotatable bonds is 10. The summed E-state index contributed by atoms with van der Waals surface area (Å²) in [5.41, 5.74) is 0.885. The van der Waals surface area contributed by atoms with Crippen molar-refractivity contribution in [1.82, 2.24) is 15.1 Å². The van der Waals surface area contributed by atoms with Gasteiger partial charge in [0.25, 0.3) is 5.91 Å². The van der Waals surface area contributed by atoms with E-state index in [9.17, 15) is 9.59 Å². The predicted octanol–water partition coefficient (Wildman–Crippen LogP) is 2.58. The molecule has 1 atom stereocenters.